The first-order valence-electron chi connectivity index (χ1n) is 11.4. The summed E-state index contributed by atoms with van der Waals surface area (Å²) < 4.78 is 33.7. The maximum Gasteiger partial charge on any atom is 0.243 e. The molecule has 1 heterocycles. The predicted molar refractivity (Wildman–Crippen MR) is 158 cm³/mol. The van der Waals surface area contributed by atoms with Crippen LogP contribution in [0.2, 0.25) is 15.1 Å². The number of aromatic nitrogens is 1. The average Bonchev–Trinajstić information content (AvgIpc) is 3.39. The molecule has 0 saturated heterocycles. The summed E-state index contributed by atoms with van der Waals surface area (Å²) in [7, 11) is -0.862. The molecule has 0 aliphatic carbocycles. The summed E-state index contributed by atoms with van der Waals surface area (Å²) in [5, 5.41) is 9.47. The first-order chi connectivity index (χ1) is 18.6. The molecule has 2 N–H and O–H groups in total. The number of methoxy groups -OCH3 is 1. The molecule has 0 spiro atoms. The van der Waals surface area contributed by atoms with Gasteiger partial charge in [-0.2, -0.15) is 4.31 Å². The maximum atomic E-state index is 13.6. The van der Waals surface area contributed by atoms with Gasteiger partial charge in [-0.25, -0.2) is 13.4 Å². The molecule has 3 aromatic carbocycles. The van der Waals surface area contributed by atoms with Crippen molar-refractivity contribution in [3.63, 3.8) is 0 Å². The van der Waals surface area contributed by atoms with E-state index in [9.17, 15) is 13.2 Å². The topological polar surface area (TPSA) is 101 Å². The Labute approximate surface area is 245 Å². The highest BCUT2D eigenvalue weighted by molar-refractivity contribution is 7.89. The van der Waals surface area contributed by atoms with Crippen LogP contribution in [0.15, 0.2) is 70.9 Å². The molecule has 0 bridgehead atoms. The number of anilines is 2. The second kappa shape index (κ2) is 12.5. The van der Waals surface area contributed by atoms with Gasteiger partial charge >= 0.3 is 0 Å². The molecule has 0 atom stereocenters. The summed E-state index contributed by atoms with van der Waals surface area (Å²) in [6, 6.07) is 15.7. The molecule has 0 fully saturated rings. The van der Waals surface area contributed by atoms with Gasteiger partial charge in [0.1, 0.15) is 5.75 Å². The number of amides is 1. The molecule has 1 amide bonds. The first-order valence-corrected chi connectivity index (χ1v) is 14.9. The third-order valence-corrected chi connectivity index (χ3v) is 9.13. The van der Waals surface area contributed by atoms with Crippen molar-refractivity contribution in [2.45, 2.75) is 11.4 Å². The van der Waals surface area contributed by atoms with Crippen molar-refractivity contribution in [2.24, 2.45) is 0 Å². The number of nitrogens with one attached hydrogen (secondary N) is 2. The Bertz CT molecular complexity index is 1600. The molecule has 0 unspecified atom stereocenters. The molecular formula is C26H23Cl3N4O4S2. The lowest BCUT2D eigenvalue weighted by molar-refractivity contribution is -0.116. The lowest BCUT2D eigenvalue weighted by atomic mass is 10.1. The summed E-state index contributed by atoms with van der Waals surface area (Å²) in [6.07, 6.45) is 0. The molecule has 204 valence electrons. The standard InChI is InChI=1S/C26H23Cl3N4O4S2/c1-30-26-32-23(15-38-26)16-4-10-24(37-2)22(11-16)31-25(34)14-33(13-17-3-5-19(28)12-21(17)29)39(35,36)20-8-6-18(27)7-9-20/h3-12,15H,13-14H2,1-2H3,(H,30,32)(H,31,34). The fourth-order valence-electron chi connectivity index (χ4n) is 3.66. The minimum Gasteiger partial charge on any atom is -0.495 e. The maximum absolute atomic E-state index is 13.6. The van der Waals surface area contributed by atoms with Gasteiger partial charge in [0.15, 0.2) is 5.13 Å². The second-order valence-electron chi connectivity index (χ2n) is 8.21. The molecule has 8 nitrogen and oxygen atoms in total. The number of benzene rings is 3. The van der Waals surface area contributed by atoms with Crippen LogP contribution in [0.4, 0.5) is 10.8 Å². The van der Waals surface area contributed by atoms with E-state index in [-0.39, 0.29) is 16.5 Å². The summed E-state index contributed by atoms with van der Waals surface area (Å²) in [4.78, 5) is 17.8. The zero-order chi connectivity index (χ0) is 28.2. The number of carbonyl (C=O) groups is 1. The number of hydrogen-bond donors (Lipinski definition) is 2. The third kappa shape index (κ3) is 7.02. The molecule has 4 aromatic rings. The molecule has 0 aliphatic rings. The van der Waals surface area contributed by atoms with E-state index >= 15 is 0 Å². The summed E-state index contributed by atoms with van der Waals surface area (Å²) in [6.45, 7) is -0.672. The lowest BCUT2D eigenvalue weighted by Crippen LogP contribution is -2.37. The Morgan fingerprint density at radius 2 is 1.74 bits per heavy atom. The number of ether oxygens (including phenoxy) is 1. The molecule has 0 aliphatic heterocycles. The quantitative estimate of drug-likeness (QED) is 0.205. The molecule has 13 heteroatoms. The molecule has 4 rings (SSSR count). The number of thiazole rings is 1. The van der Waals surface area contributed by atoms with Crippen molar-refractivity contribution in [1.82, 2.24) is 9.29 Å². The fraction of sp³-hybridized carbons (Fsp3) is 0.154. The van der Waals surface area contributed by atoms with Crippen LogP contribution in [-0.2, 0) is 21.4 Å². The van der Waals surface area contributed by atoms with Crippen molar-refractivity contribution < 1.29 is 17.9 Å². The van der Waals surface area contributed by atoms with Gasteiger partial charge in [0.25, 0.3) is 0 Å². The highest BCUT2D eigenvalue weighted by Gasteiger charge is 2.28. The average molecular weight is 626 g/mol. The largest absolute Gasteiger partial charge is 0.495 e. The Kier molecular flexibility index (Phi) is 9.37. The van der Waals surface area contributed by atoms with Crippen molar-refractivity contribution >= 4 is 72.9 Å². The Morgan fingerprint density at radius 1 is 1.03 bits per heavy atom. The zero-order valence-electron chi connectivity index (χ0n) is 20.7. The van der Waals surface area contributed by atoms with E-state index in [0.717, 1.165) is 15.0 Å². The summed E-state index contributed by atoms with van der Waals surface area (Å²) in [5.41, 5.74) is 2.32. The number of rotatable bonds is 10. The highest BCUT2D eigenvalue weighted by atomic mass is 35.5. The fourth-order valence-corrected chi connectivity index (χ4v) is 6.31. The van der Waals surface area contributed by atoms with Gasteiger partial charge in [-0.3, -0.25) is 4.79 Å². The van der Waals surface area contributed by atoms with Crippen LogP contribution >= 0.6 is 46.1 Å². The molecule has 1 aromatic heterocycles. The minimum absolute atomic E-state index is 0.0202. The minimum atomic E-state index is -4.12. The van der Waals surface area contributed by atoms with E-state index < -0.39 is 22.5 Å². The smallest absolute Gasteiger partial charge is 0.243 e. The number of carbonyl (C=O) groups excluding carboxylic acids is 1. The Morgan fingerprint density at radius 3 is 2.38 bits per heavy atom. The van der Waals surface area contributed by atoms with E-state index in [1.807, 2.05) is 11.4 Å². The highest BCUT2D eigenvalue weighted by Crippen LogP contribution is 2.32. The number of halogens is 3. The number of nitrogens with zero attached hydrogens (tertiary/aromatic N) is 2. The molecular weight excluding hydrogens is 603 g/mol. The van der Waals surface area contributed by atoms with Crippen LogP contribution in [-0.4, -0.2) is 44.3 Å². The number of sulfonamides is 1. The zero-order valence-corrected chi connectivity index (χ0v) is 24.6. The van der Waals surface area contributed by atoms with Crippen molar-refractivity contribution in [3.05, 3.63) is 86.7 Å². The van der Waals surface area contributed by atoms with Gasteiger partial charge in [-0.1, -0.05) is 40.9 Å². The monoisotopic (exact) mass is 624 g/mol. The van der Waals surface area contributed by atoms with Crippen LogP contribution < -0.4 is 15.4 Å². The number of hydrogen-bond acceptors (Lipinski definition) is 7. The summed E-state index contributed by atoms with van der Waals surface area (Å²) in [5.74, 6) is -0.175. The van der Waals surface area contributed by atoms with Gasteiger partial charge in [0.05, 0.1) is 29.9 Å². The molecule has 0 saturated carbocycles. The Hall–Kier alpha value is -2.86. The van der Waals surface area contributed by atoms with Crippen molar-refractivity contribution in [2.75, 3.05) is 31.3 Å². The van der Waals surface area contributed by atoms with Crippen LogP contribution in [0.5, 0.6) is 5.75 Å². The van der Waals surface area contributed by atoms with E-state index in [0.29, 0.717) is 32.7 Å². The van der Waals surface area contributed by atoms with Crippen LogP contribution in [0.3, 0.4) is 0 Å². The van der Waals surface area contributed by atoms with Gasteiger partial charge in [0, 0.05) is 39.6 Å². The van der Waals surface area contributed by atoms with E-state index in [1.54, 1.807) is 31.3 Å². The predicted octanol–water partition coefficient (Wildman–Crippen LogP) is 6.65. The SMILES string of the molecule is CNc1nc(-c2ccc(OC)c(NC(=O)CN(Cc3ccc(Cl)cc3Cl)S(=O)(=O)c3ccc(Cl)cc3)c2)cs1. The molecule has 0 radical (unpaired) electrons. The van der Waals surface area contributed by atoms with Crippen LogP contribution in [0, 0.1) is 0 Å². The van der Waals surface area contributed by atoms with Crippen LogP contribution in [0.25, 0.3) is 11.3 Å². The lowest BCUT2D eigenvalue weighted by Gasteiger charge is -2.23. The summed E-state index contributed by atoms with van der Waals surface area (Å²) >= 11 is 19.7. The normalized spacial score (nSPS) is 11.4. The third-order valence-electron chi connectivity index (χ3n) is 5.62. The second-order valence-corrected chi connectivity index (χ2v) is 12.3. The van der Waals surface area contributed by atoms with Gasteiger partial charge in [-0.15, -0.1) is 11.3 Å². The van der Waals surface area contributed by atoms with Gasteiger partial charge in [0.2, 0.25) is 15.9 Å². The van der Waals surface area contributed by atoms with Gasteiger partial charge in [-0.05, 0) is 60.2 Å². The molecule has 39 heavy (non-hydrogen) atoms. The van der Waals surface area contributed by atoms with Crippen molar-refractivity contribution in [1.29, 1.82) is 0 Å². The van der Waals surface area contributed by atoms with E-state index in [2.05, 4.69) is 15.6 Å². The van der Waals surface area contributed by atoms with E-state index in [4.69, 9.17) is 39.5 Å². The van der Waals surface area contributed by atoms with Crippen molar-refractivity contribution in [3.8, 4) is 17.0 Å². The van der Waals surface area contributed by atoms with Gasteiger partial charge < -0.3 is 15.4 Å². The first kappa shape index (κ1) is 29.1. The van der Waals surface area contributed by atoms with E-state index in [1.165, 1.54) is 48.8 Å². The van der Waals surface area contributed by atoms with Crippen LogP contribution in [0.1, 0.15) is 5.56 Å². The Balaban J connectivity index is 1.64.